The van der Waals surface area contributed by atoms with E-state index in [1.807, 2.05) is 0 Å². The van der Waals surface area contributed by atoms with Gasteiger partial charge >= 0.3 is 0 Å². The predicted molar refractivity (Wildman–Crippen MR) is 44.7 cm³/mol. The molecule has 2 heterocycles. The van der Waals surface area contributed by atoms with E-state index in [1.165, 1.54) is 6.42 Å². The Morgan fingerprint density at radius 1 is 1.00 bits per heavy atom. The Bertz CT molecular complexity index is 344. The van der Waals surface area contributed by atoms with Crippen LogP contribution in [0.1, 0.15) is 0 Å². The molecule has 6 heteroatoms. The van der Waals surface area contributed by atoms with Crippen molar-refractivity contribution in [3.05, 3.63) is 30.1 Å². The van der Waals surface area contributed by atoms with E-state index in [9.17, 15) is 9.59 Å². The second-order valence-corrected chi connectivity index (χ2v) is 2.98. The van der Waals surface area contributed by atoms with Gasteiger partial charge in [0.15, 0.2) is 0 Å². The molecule has 0 amide bonds. The molecule has 2 N–H and O–H groups in total. The van der Waals surface area contributed by atoms with Gasteiger partial charge in [0.25, 0.3) is 12.6 Å². The van der Waals surface area contributed by atoms with E-state index >= 15 is 0 Å². The van der Waals surface area contributed by atoms with E-state index < -0.39 is 24.1 Å². The normalized spacial score (nSPS) is 29.7. The summed E-state index contributed by atoms with van der Waals surface area (Å²) in [5, 5.41) is 17.9. The number of ether oxygens (including phenoxy) is 2. The standard InChI is InChI=1S/C9H7O6/c10-6-2-4(14-8(6)12)1-5-3-7(11)9(13)15-5/h1-3,8-9,12-13H. The first kappa shape index (κ1) is 9.88. The van der Waals surface area contributed by atoms with Crippen LogP contribution in [0.15, 0.2) is 23.7 Å². The van der Waals surface area contributed by atoms with E-state index in [0.717, 1.165) is 12.2 Å². The van der Waals surface area contributed by atoms with Gasteiger partial charge in [0.05, 0.1) is 6.42 Å². The van der Waals surface area contributed by atoms with Crippen LogP contribution in [0.4, 0.5) is 0 Å². The molecule has 6 nitrogen and oxygen atoms in total. The summed E-state index contributed by atoms with van der Waals surface area (Å²) < 4.78 is 9.41. The van der Waals surface area contributed by atoms with Crippen LogP contribution in [-0.4, -0.2) is 34.4 Å². The average molecular weight is 211 g/mol. The van der Waals surface area contributed by atoms with Gasteiger partial charge in [-0.15, -0.1) is 0 Å². The number of aliphatic hydroxyl groups excluding tert-OH is 2. The summed E-state index contributed by atoms with van der Waals surface area (Å²) in [6.07, 6.45) is 0.383. The molecule has 2 aliphatic rings. The van der Waals surface area contributed by atoms with Gasteiger partial charge in [-0.3, -0.25) is 9.59 Å². The minimum atomic E-state index is -1.50. The summed E-state index contributed by atoms with van der Waals surface area (Å²) >= 11 is 0. The highest BCUT2D eigenvalue weighted by molar-refractivity contribution is 5.96. The summed E-state index contributed by atoms with van der Waals surface area (Å²) in [5.41, 5.74) is 0. The Kier molecular flexibility index (Phi) is 2.29. The molecule has 0 saturated carbocycles. The zero-order chi connectivity index (χ0) is 11.0. The number of ketones is 2. The van der Waals surface area contributed by atoms with Gasteiger partial charge < -0.3 is 19.7 Å². The van der Waals surface area contributed by atoms with Crippen molar-refractivity contribution in [1.82, 2.24) is 0 Å². The van der Waals surface area contributed by atoms with E-state index in [4.69, 9.17) is 19.7 Å². The molecule has 2 rings (SSSR count). The second kappa shape index (κ2) is 3.48. The van der Waals surface area contributed by atoms with Gasteiger partial charge in [0, 0.05) is 12.2 Å². The van der Waals surface area contributed by atoms with Crippen LogP contribution in [0.3, 0.4) is 0 Å². The fourth-order valence-electron chi connectivity index (χ4n) is 1.16. The monoisotopic (exact) mass is 211 g/mol. The quantitative estimate of drug-likeness (QED) is 0.595. The average Bonchev–Trinajstić information content (AvgIpc) is 2.59. The number of hydrogen-bond acceptors (Lipinski definition) is 6. The Morgan fingerprint density at radius 2 is 1.40 bits per heavy atom. The maximum absolute atomic E-state index is 10.8. The second-order valence-electron chi connectivity index (χ2n) is 2.98. The van der Waals surface area contributed by atoms with E-state index in [0.29, 0.717) is 0 Å². The molecule has 2 unspecified atom stereocenters. The van der Waals surface area contributed by atoms with Crippen molar-refractivity contribution in [2.75, 3.05) is 0 Å². The van der Waals surface area contributed by atoms with Crippen molar-refractivity contribution in [2.24, 2.45) is 0 Å². The highest BCUT2D eigenvalue weighted by Gasteiger charge is 2.29. The number of carbonyl (C=O) groups excluding carboxylic acids is 2. The first-order valence-electron chi connectivity index (χ1n) is 4.11. The van der Waals surface area contributed by atoms with Crippen molar-refractivity contribution in [3.8, 4) is 0 Å². The third-order valence-corrected chi connectivity index (χ3v) is 1.84. The van der Waals surface area contributed by atoms with Crippen LogP contribution >= 0.6 is 0 Å². The summed E-state index contributed by atoms with van der Waals surface area (Å²) in [6.45, 7) is 0. The van der Waals surface area contributed by atoms with Crippen molar-refractivity contribution >= 4 is 11.6 Å². The SMILES string of the molecule is O=C1C=C([CH]C2=CC(=O)C(O)O2)OC1O. The minimum Gasteiger partial charge on any atom is -0.461 e. The summed E-state index contributed by atoms with van der Waals surface area (Å²) in [5.74, 6) is -0.986. The number of hydrogen-bond donors (Lipinski definition) is 2. The third-order valence-electron chi connectivity index (χ3n) is 1.84. The molecule has 2 atom stereocenters. The molecular weight excluding hydrogens is 204 g/mol. The van der Waals surface area contributed by atoms with Gasteiger partial charge in [-0.1, -0.05) is 0 Å². The van der Waals surface area contributed by atoms with Crippen LogP contribution in [0, 0.1) is 6.42 Å². The lowest BCUT2D eigenvalue weighted by atomic mass is 10.2. The molecule has 0 aromatic carbocycles. The topological polar surface area (TPSA) is 93.1 Å². The predicted octanol–water partition coefficient (Wildman–Crippen LogP) is -1.21. The van der Waals surface area contributed by atoms with Crippen LogP contribution in [-0.2, 0) is 19.1 Å². The maximum Gasteiger partial charge on any atom is 0.261 e. The van der Waals surface area contributed by atoms with Gasteiger partial charge in [0.2, 0.25) is 11.6 Å². The van der Waals surface area contributed by atoms with Gasteiger partial charge in [0.1, 0.15) is 11.5 Å². The molecular formula is C9H7O6. The first-order valence-corrected chi connectivity index (χ1v) is 4.11. The number of rotatable bonds is 2. The summed E-state index contributed by atoms with van der Waals surface area (Å²) in [6, 6.07) is 0. The van der Waals surface area contributed by atoms with Gasteiger partial charge in [-0.2, -0.15) is 0 Å². The molecule has 0 bridgehead atoms. The molecule has 0 aromatic heterocycles. The molecule has 0 saturated heterocycles. The van der Waals surface area contributed by atoms with Crippen LogP contribution in [0.25, 0.3) is 0 Å². The van der Waals surface area contributed by atoms with Crippen LogP contribution in [0.2, 0.25) is 0 Å². The Morgan fingerprint density at radius 3 is 1.67 bits per heavy atom. The Hall–Kier alpha value is -1.66. The lowest BCUT2D eigenvalue weighted by molar-refractivity contribution is -0.138. The number of aliphatic hydroxyl groups is 2. The highest BCUT2D eigenvalue weighted by Crippen LogP contribution is 2.23. The first-order chi connectivity index (χ1) is 7.06. The molecule has 0 aliphatic carbocycles. The molecule has 1 radical (unpaired) electrons. The summed E-state index contributed by atoms with van der Waals surface area (Å²) in [4.78, 5) is 21.7. The molecule has 0 spiro atoms. The lowest BCUT2D eigenvalue weighted by Gasteiger charge is -2.07. The maximum atomic E-state index is 10.8. The fraction of sp³-hybridized carbons (Fsp3) is 0.222. The van der Waals surface area contributed by atoms with Gasteiger partial charge in [-0.25, -0.2) is 0 Å². The van der Waals surface area contributed by atoms with E-state index in [2.05, 4.69) is 0 Å². The fourth-order valence-corrected chi connectivity index (χ4v) is 1.16. The minimum absolute atomic E-state index is 0.0839. The highest BCUT2D eigenvalue weighted by atomic mass is 16.6. The van der Waals surface area contributed by atoms with Crippen LogP contribution < -0.4 is 0 Å². The molecule has 79 valence electrons. The third kappa shape index (κ3) is 1.90. The van der Waals surface area contributed by atoms with Crippen LogP contribution in [0.5, 0.6) is 0 Å². The number of carbonyl (C=O) groups is 2. The Balaban J connectivity index is 2.00. The molecule has 15 heavy (non-hydrogen) atoms. The molecule has 2 aliphatic heterocycles. The van der Waals surface area contributed by atoms with Crippen molar-refractivity contribution < 1.29 is 29.3 Å². The zero-order valence-corrected chi connectivity index (χ0v) is 7.41. The largest absolute Gasteiger partial charge is 0.461 e. The smallest absolute Gasteiger partial charge is 0.261 e. The van der Waals surface area contributed by atoms with E-state index in [1.54, 1.807) is 0 Å². The summed E-state index contributed by atoms with van der Waals surface area (Å²) in [7, 11) is 0. The van der Waals surface area contributed by atoms with Crippen molar-refractivity contribution in [3.63, 3.8) is 0 Å². The van der Waals surface area contributed by atoms with Crippen molar-refractivity contribution in [2.45, 2.75) is 12.6 Å². The lowest BCUT2D eigenvalue weighted by Crippen LogP contribution is -2.15. The van der Waals surface area contributed by atoms with E-state index in [-0.39, 0.29) is 11.5 Å². The van der Waals surface area contributed by atoms with Gasteiger partial charge in [-0.05, 0) is 0 Å². The van der Waals surface area contributed by atoms with Crippen molar-refractivity contribution in [1.29, 1.82) is 0 Å². The zero-order valence-electron chi connectivity index (χ0n) is 7.41. The Labute approximate surface area is 84.4 Å². The molecule has 0 fully saturated rings. The molecule has 0 aromatic rings.